The Balaban J connectivity index is 2.47. The number of aromatic nitrogens is 2. The van der Waals surface area contributed by atoms with Crippen LogP contribution < -0.4 is 16.2 Å². The SMILES string of the molecule is Cc1c(NN)nc(C(C)(C)C)nc1N1CCC(C)(O)C1. The molecular weight excluding hydrogens is 254 g/mol. The number of hydrogen-bond donors (Lipinski definition) is 3. The van der Waals surface area contributed by atoms with E-state index in [0.29, 0.717) is 12.4 Å². The summed E-state index contributed by atoms with van der Waals surface area (Å²) in [6, 6.07) is 0. The largest absolute Gasteiger partial charge is 0.388 e. The van der Waals surface area contributed by atoms with Gasteiger partial charge in [-0.05, 0) is 20.3 Å². The van der Waals surface area contributed by atoms with Crippen LogP contribution in [0.4, 0.5) is 11.6 Å². The first kappa shape index (κ1) is 15.0. The van der Waals surface area contributed by atoms with Crippen molar-refractivity contribution in [3.63, 3.8) is 0 Å². The Morgan fingerprint density at radius 1 is 1.35 bits per heavy atom. The molecule has 6 nitrogen and oxygen atoms in total. The number of hydrogen-bond acceptors (Lipinski definition) is 6. The molecule has 0 spiro atoms. The first-order chi connectivity index (χ1) is 9.14. The van der Waals surface area contributed by atoms with E-state index in [4.69, 9.17) is 10.8 Å². The molecule has 0 aliphatic carbocycles. The van der Waals surface area contributed by atoms with Gasteiger partial charge in [0.25, 0.3) is 0 Å². The van der Waals surface area contributed by atoms with E-state index in [1.54, 1.807) is 0 Å². The topological polar surface area (TPSA) is 87.3 Å². The van der Waals surface area contributed by atoms with Gasteiger partial charge in [-0.25, -0.2) is 15.8 Å². The van der Waals surface area contributed by atoms with Gasteiger partial charge < -0.3 is 15.4 Å². The summed E-state index contributed by atoms with van der Waals surface area (Å²) in [6.07, 6.45) is 0.743. The van der Waals surface area contributed by atoms with E-state index in [9.17, 15) is 5.11 Å². The second-order valence-electron chi connectivity index (χ2n) is 6.91. The highest BCUT2D eigenvalue weighted by Gasteiger charge is 2.34. The zero-order valence-electron chi connectivity index (χ0n) is 13.0. The molecule has 2 heterocycles. The highest BCUT2D eigenvalue weighted by Crippen LogP contribution is 2.32. The van der Waals surface area contributed by atoms with Crippen molar-refractivity contribution in [2.24, 2.45) is 5.84 Å². The molecule has 1 aromatic heterocycles. The minimum atomic E-state index is -0.657. The maximum absolute atomic E-state index is 10.1. The third kappa shape index (κ3) is 2.86. The number of anilines is 2. The minimum absolute atomic E-state index is 0.156. The van der Waals surface area contributed by atoms with Gasteiger partial charge in [0.15, 0.2) is 0 Å². The lowest BCUT2D eigenvalue weighted by atomic mass is 9.95. The molecule has 112 valence electrons. The van der Waals surface area contributed by atoms with Crippen LogP contribution in [0, 0.1) is 6.92 Å². The molecule has 0 amide bonds. The Bertz CT molecular complexity index is 507. The normalized spacial score (nSPS) is 23.2. The van der Waals surface area contributed by atoms with Crippen molar-refractivity contribution in [3.05, 3.63) is 11.4 Å². The van der Waals surface area contributed by atoms with Gasteiger partial charge in [0.2, 0.25) is 0 Å². The summed E-state index contributed by atoms with van der Waals surface area (Å²) in [5.74, 6) is 7.83. The van der Waals surface area contributed by atoms with Crippen LogP contribution in [0.5, 0.6) is 0 Å². The second kappa shape index (κ2) is 4.86. The molecule has 1 fully saturated rings. The number of β-amino-alcohol motifs (C(OH)–C–C–N with tert-alkyl or cyclic N) is 1. The number of nitrogens with one attached hydrogen (secondary N) is 1. The average molecular weight is 279 g/mol. The Labute approximate surface area is 120 Å². The van der Waals surface area contributed by atoms with Gasteiger partial charge in [0.05, 0.1) is 5.60 Å². The van der Waals surface area contributed by atoms with Crippen molar-refractivity contribution in [2.45, 2.75) is 52.1 Å². The molecule has 1 atom stereocenters. The van der Waals surface area contributed by atoms with E-state index >= 15 is 0 Å². The van der Waals surface area contributed by atoms with E-state index in [1.165, 1.54) is 0 Å². The van der Waals surface area contributed by atoms with E-state index < -0.39 is 5.60 Å². The number of nitrogen functional groups attached to an aromatic ring is 1. The van der Waals surface area contributed by atoms with Crippen LogP contribution in [0.25, 0.3) is 0 Å². The predicted octanol–water partition coefficient (Wildman–Crippen LogP) is 1.33. The number of nitrogens with zero attached hydrogens (tertiary/aromatic N) is 3. The van der Waals surface area contributed by atoms with Crippen molar-refractivity contribution in [1.82, 2.24) is 9.97 Å². The Hall–Kier alpha value is -1.40. The molecule has 1 unspecified atom stereocenters. The van der Waals surface area contributed by atoms with Gasteiger partial charge in [-0.1, -0.05) is 20.8 Å². The lowest BCUT2D eigenvalue weighted by Gasteiger charge is -2.25. The summed E-state index contributed by atoms with van der Waals surface area (Å²) < 4.78 is 0. The summed E-state index contributed by atoms with van der Waals surface area (Å²) in [5, 5.41) is 10.1. The fourth-order valence-electron chi connectivity index (χ4n) is 2.41. The Kier molecular flexibility index (Phi) is 3.64. The number of aliphatic hydroxyl groups is 1. The number of nitrogens with two attached hydrogens (primary N) is 1. The third-order valence-corrected chi connectivity index (χ3v) is 3.68. The van der Waals surface area contributed by atoms with Crippen molar-refractivity contribution >= 4 is 11.6 Å². The smallest absolute Gasteiger partial charge is 0.148 e. The van der Waals surface area contributed by atoms with Crippen LogP contribution in [-0.2, 0) is 5.41 Å². The molecule has 2 rings (SSSR count). The first-order valence-electron chi connectivity index (χ1n) is 6.97. The van der Waals surface area contributed by atoms with Gasteiger partial charge >= 0.3 is 0 Å². The Morgan fingerprint density at radius 2 is 2.00 bits per heavy atom. The average Bonchev–Trinajstić information content (AvgIpc) is 2.68. The molecule has 0 bridgehead atoms. The molecule has 6 heteroatoms. The molecule has 20 heavy (non-hydrogen) atoms. The summed E-state index contributed by atoms with van der Waals surface area (Å²) in [4.78, 5) is 11.3. The lowest BCUT2D eigenvalue weighted by Crippen LogP contribution is -2.31. The summed E-state index contributed by atoms with van der Waals surface area (Å²) in [5.41, 5.74) is 2.75. The van der Waals surface area contributed by atoms with Crippen LogP contribution in [-0.4, -0.2) is 33.8 Å². The van der Waals surface area contributed by atoms with Gasteiger partial charge in [0, 0.05) is 24.1 Å². The van der Waals surface area contributed by atoms with Crippen LogP contribution >= 0.6 is 0 Å². The monoisotopic (exact) mass is 279 g/mol. The van der Waals surface area contributed by atoms with Gasteiger partial charge in [-0.2, -0.15) is 0 Å². The first-order valence-corrected chi connectivity index (χ1v) is 6.97. The number of rotatable bonds is 2. The van der Waals surface area contributed by atoms with Crippen molar-refractivity contribution in [3.8, 4) is 0 Å². The van der Waals surface area contributed by atoms with Crippen LogP contribution in [0.2, 0.25) is 0 Å². The van der Waals surface area contributed by atoms with Gasteiger partial charge in [-0.15, -0.1) is 0 Å². The van der Waals surface area contributed by atoms with Crippen molar-refractivity contribution in [1.29, 1.82) is 0 Å². The third-order valence-electron chi connectivity index (χ3n) is 3.68. The molecule has 1 aromatic rings. The van der Waals surface area contributed by atoms with E-state index in [-0.39, 0.29) is 5.41 Å². The highest BCUT2D eigenvalue weighted by molar-refractivity contribution is 5.59. The quantitative estimate of drug-likeness (QED) is 0.559. The van der Waals surface area contributed by atoms with Gasteiger partial charge in [0.1, 0.15) is 17.5 Å². The van der Waals surface area contributed by atoms with E-state index in [2.05, 4.69) is 36.1 Å². The molecule has 0 radical (unpaired) electrons. The van der Waals surface area contributed by atoms with Crippen LogP contribution in [0.3, 0.4) is 0 Å². The molecule has 4 N–H and O–H groups in total. The predicted molar refractivity (Wildman–Crippen MR) is 80.7 cm³/mol. The van der Waals surface area contributed by atoms with Crippen molar-refractivity contribution in [2.75, 3.05) is 23.4 Å². The van der Waals surface area contributed by atoms with Crippen molar-refractivity contribution < 1.29 is 5.11 Å². The molecule has 1 aliphatic heterocycles. The minimum Gasteiger partial charge on any atom is -0.388 e. The maximum Gasteiger partial charge on any atom is 0.148 e. The summed E-state index contributed by atoms with van der Waals surface area (Å²) >= 11 is 0. The summed E-state index contributed by atoms with van der Waals surface area (Å²) in [7, 11) is 0. The zero-order chi connectivity index (χ0) is 15.1. The zero-order valence-corrected chi connectivity index (χ0v) is 13.0. The summed E-state index contributed by atoms with van der Waals surface area (Å²) in [6.45, 7) is 11.4. The molecule has 0 aromatic carbocycles. The maximum atomic E-state index is 10.1. The highest BCUT2D eigenvalue weighted by atomic mass is 16.3. The Morgan fingerprint density at radius 3 is 2.45 bits per heavy atom. The van der Waals surface area contributed by atoms with Gasteiger partial charge in [-0.3, -0.25) is 0 Å². The van der Waals surface area contributed by atoms with E-state index in [0.717, 1.165) is 30.2 Å². The number of hydrazine groups is 1. The van der Waals surface area contributed by atoms with E-state index in [1.807, 2.05) is 13.8 Å². The lowest BCUT2D eigenvalue weighted by molar-refractivity contribution is 0.0839. The molecular formula is C14H25N5O. The molecule has 1 saturated heterocycles. The standard InChI is InChI=1S/C14H25N5O/c1-9-10(18-15)16-12(13(2,3)4)17-11(9)19-7-6-14(5,20)8-19/h20H,6-8,15H2,1-5H3,(H,16,17,18). The fraction of sp³-hybridized carbons (Fsp3) is 0.714. The van der Waals surface area contributed by atoms with Crippen LogP contribution in [0.1, 0.15) is 45.5 Å². The second-order valence-corrected chi connectivity index (χ2v) is 6.91. The fourth-order valence-corrected chi connectivity index (χ4v) is 2.41. The van der Waals surface area contributed by atoms with Crippen LogP contribution in [0.15, 0.2) is 0 Å². The molecule has 1 aliphatic rings. The molecule has 0 saturated carbocycles.